The van der Waals surface area contributed by atoms with Crippen molar-refractivity contribution in [3.05, 3.63) is 76.1 Å². The zero-order valence-electron chi connectivity index (χ0n) is 19.9. The minimum absolute atomic E-state index is 0.0478. The lowest BCUT2D eigenvalue weighted by Gasteiger charge is -2.39. The number of rotatable bonds is 7. The van der Waals surface area contributed by atoms with Crippen LogP contribution in [0, 0.1) is 6.92 Å². The van der Waals surface area contributed by atoms with Crippen molar-refractivity contribution in [2.45, 2.75) is 33.2 Å². The van der Waals surface area contributed by atoms with Crippen LogP contribution in [0.4, 0.5) is 9.80 Å². The van der Waals surface area contributed by atoms with E-state index in [9.17, 15) is 9.59 Å². The highest BCUT2D eigenvalue weighted by Crippen LogP contribution is 2.40. The Hall–Kier alpha value is -3.10. The number of aryl methyl sites for hydroxylation is 2. The Morgan fingerprint density at radius 2 is 1.85 bits per heavy atom. The maximum Gasteiger partial charge on any atom is 0.409 e. The first kappa shape index (κ1) is 24.0. The molecule has 2 amide bonds. The van der Waals surface area contributed by atoms with Gasteiger partial charge in [-0.05, 0) is 44.0 Å². The van der Waals surface area contributed by atoms with Crippen molar-refractivity contribution in [1.82, 2.24) is 9.80 Å². The van der Waals surface area contributed by atoms with Gasteiger partial charge in [0.15, 0.2) is 5.76 Å². The van der Waals surface area contributed by atoms with Gasteiger partial charge in [0, 0.05) is 36.6 Å². The number of ether oxygens (including phenoxy) is 1. The molecule has 1 saturated heterocycles. The van der Waals surface area contributed by atoms with E-state index in [-0.39, 0.29) is 23.8 Å². The molecule has 4 rings (SSSR count). The molecular formula is C26H31N3O4S. The summed E-state index contributed by atoms with van der Waals surface area (Å²) in [7, 11) is 0. The van der Waals surface area contributed by atoms with Crippen LogP contribution < -0.4 is 5.32 Å². The van der Waals surface area contributed by atoms with E-state index in [0.717, 1.165) is 22.5 Å². The van der Waals surface area contributed by atoms with E-state index < -0.39 is 0 Å². The Labute approximate surface area is 204 Å². The van der Waals surface area contributed by atoms with Crippen LogP contribution in [0.15, 0.2) is 53.1 Å². The van der Waals surface area contributed by atoms with E-state index in [1.165, 1.54) is 16.7 Å². The molecule has 0 spiro atoms. The van der Waals surface area contributed by atoms with Crippen molar-refractivity contribution < 1.29 is 18.7 Å². The van der Waals surface area contributed by atoms with E-state index in [2.05, 4.69) is 54.4 Å². The lowest BCUT2D eigenvalue weighted by atomic mass is 9.96. The van der Waals surface area contributed by atoms with E-state index in [1.54, 1.807) is 28.4 Å². The summed E-state index contributed by atoms with van der Waals surface area (Å²) in [6.45, 7) is 9.00. The molecule has 1 aliphatic heterocycles. The van der Waals surface area contributed by atoms with Crippen LogP contribution in [0.3, 0.4) is 0 Å². The smallest absolute Gasteiger partial charge is 0.409 e. The van der Waals surface area contributed by atoms with Crippen LogP contribution in [0.5, 0.6) is 0 Å². The lowest BCUT2D eigenvalue weighted by Crippen LogP contribution is -2.50. The summed E-state index contributed by atoms with van der Waals surface area (Å²) in [5.41, 5.74) is 3.42. The predicted molar refractivity (Wildman–Crippen MR) is 134 cm³/mol. The summed E-state index contributed by atoms with van der Waals surface area (Å²) in [6.07, 6.45) is 2.12. The first-order valence-electron chi connectivity index (χ1n) is 11.7. The van der Waals surface area contributed by atoms with Gasteiger partial charge in [0.2, 0.25) is 0 Å². The summed E-state index contributed by atoms with van der Waals surface area (Å²) in [5.74, 6) is 0.0258. The Morgan fingerprint density at radius 3 is 2.47 bits per heavy atom. The van der Waals surface area contributed by atoms with E-state index in [1.807, 2.05) is 6.92 Å². The molecule has 7 nitrogen and oxygen atoms in total. The molecule has 0 radical (unpaired) electrons. The maximum absolute atomic E-state index is 12.8. The molecule has 1 aromatic carbocycles. The summed E-state index contributed by atoms with van der Waals surface area (Å²) >= 11 is 1.60. The Balaban J connectivity index is 1.66. The van der Waals surface area contributed by atoms with Gasteiger partial charge >= 0.3 is 6.09 Å². The molecule has 1 N–H and O–H groups in total. The van der Waals surface area contributed by atoms with Gasteiger partial charge in [-0.25, -0.2) is 4.79 Å². The fraction of sp³-hybridized carbons (Fsp3) is 0.385. The maximum atomic E-state index is 12.8. The molecular weight excluding hydrogens is 450 g/mol. The van der Waals surface area contributed by atoms with Crippen molar-refractivity contribution >= 4 is 28.3 Å². The highest BCUT2D eigenvalue weighted by molar-refractivity contribution is 7.16. The van der Waals surface area contributed by atoms with Crippen LogP contribution in [0.2, 0.25) is 0 Å². The molecule has 0 saturated carbocycles. The summed E-state index contributed by atoms with van der Waals surface area (Å²) in [6, 6.07) is 14.1. The van der Waals surface area contributed by atoms with Crippen molar-refractivity contribution in [3.63, 3.8) is 0 Å². The van der Waals surface area contributed by atoms with Gasteiger partial charge in [-0.1, -0.05) is 36.8 Å². The first-order valence-corrected chi connectivity index (χ1v) is 12.5. The zero-order valence-corrected chi connectivity index (χ0v) is 20.7. The number of benzene rings is 1. The summed E-state index contributed by atoms with van der Waals surface area (Å²) < 4.78 is 10.5. The number of hydrogen-bond donors (Lipinski definition) is 1. The Kier molecular flexibility index (Phi) is 7.70. The molecule has 1 aliphatic rings. The number of nitrogens with zero attached hydrogens (tertiary/aromatic N) is 2. The predicted octanol–water partition coefficient (Wildman–Crippen LogP) is 5.33. The minimum Gasteiger partial charge on any atom is -0.459 e. The second-order valence-corrected chi connectivity index (χ2v) is 9.45. The third kappa shape index (κ3) is 5.34. The highest BCUT2D eigenvalue weighted by Gasteiger charge is 2.31. The normalized spacial score (nSPS) is 15.2. The average molecular weight is 482 g/mol. The van der Waals surface area contributed by atoms with Gasteiger partial charge in [0.1, 0.15) is 5.00 Å². The van der Waals surface area contributed by atoms with Gasteiger partial charge in [0.05, 0.1) is 18.9 Å². The molecule has 3 aromatic rings. The van der Waals surface area contributed by atoms with Crippen LogP contribution in [0.1, 0.15) is 52.0 Å². The Bertz CT molecular complexity index is 1100. The second kappa shape index (κ2) is 10.9. The SMILES string of the molecule is CCOC(=O)N1CCN([C@H](c2ccc(C)cc2)c2cc(CC)sc2NC(=O)c2ccco2)CC1. The van der Waals surface area contributed by atoms with Crippen LogP contribution in [0.25, 0.3) is 0 Å². The number of carbonyl (C=O) groups is 2. The second-order valence-electron chi connectivity index (χ2n) is 8.32. The molecule has 8 heteroatoms. The van der Waals surface area contributed by atoms with Gasteiger partial charge in [-0.2, -0.15) is 0 Å². The fourth-order valence-corrected chi connectivity index (χ4v) is 5.24. The number of amides is 2. The molecule has 0 bridgehead atoms. The van der Waals surface area contributed by atoms with Crippen molar-refractivity contribution in [3.8, 4) is 0 Å². The van der Waals surface area contributed by atoms with Crippen LogP contribution >= 0.6 is 11.3 Å². The molecule has 3 heterocycles. The van der Waals surface area contributed by atoms with Gasteiger partial charge in [-0.3, -0.25) is 9.69 Å². The molecule has 0 unspecified atom stereocenters. The number of anilines is 1. The number of nitrogens with one attached hydrogen (secondary N) is 1. The first-order chi connectivity index (χ1) is 16.5. The fourth-order valence-electron chi connectivity index (χ4n) is 4.22. The number of piperazine rings is 1. The zero-order chi connectivity index (χ0) is 24.1. The van der Waals surface area contributed by atoms with Crippen molar-refractivity contribution in [2.24, 2.45) is 0 Å². The lowest BCUT2D eigenvalue weighted by molar-refractivity contribution is 0.0716. The molecule has 180 valence electrons. The number of hydrogen-bond acceptors (Lipinski definition) is 6. The minimum atomic E-state index is -0.260. The quantitative estimate of drug-likeness (QED) is 0.494. The monoisotopic (exact) mass is 481 g/mol. The van der Waals surface area contributed by atoms with Gasteiger partial charge in [0.25, 0.3) is 5.91 Å². The topological polar surface area (TPSA) is 75.0 Å². The molecule has 0 aliphatic carbocycles. The van der Waals surface area contributed by atoms with E-state index in [4.69, 9.17) is 9.15 Å². The molecule has 2 aromatic heterocycles. The largest absolute Gasteiger partial charge is 0.459 e. The van der Waals surface area contributed by atoms with E-state index >= 15 is 0 Å². The highest BCUT2D eigenvalue weighted by atomic mass is 32.1. The summed E-state index contributed by atoms with van der Waals surface area (Å²) in [5, 5.41) is 3.92. The van der Waals surface area contributed by atoms with Gasteiger partial charge < -0.3 is 19.4 Å². The number of furan rings is 1. The van der Waals surface area contributed by atoms with E-state index in [0.29, 0.717) is 32.8 Å². The van der Waals surface area contributed by atoms with Crippen LogP contribution in [-0.4, -0.2) is 54.6 Å². The number of carbonyl (C=O) groups excluding carboxylic acids is 2. The summed E-state index contributed by atoms with van der Waals surface area (Å²) in [4.78, 5) is 30.4. The third-order valence-corrected chi connectivity index (χ3v) is 7.24. The third-order valence-electron chi connectivity index (χ3n) is 6.03. The van der Waals surface area contributed by atoms with Crippen molar-refractivity contribution in [2.75, 3.05) is 38.1 Å². The van der Waals surface area contributed by atoms with Crippen LogP contribution in [-0.2, 0) is 11.2 Å². The molecule has 1 fully saturated rings. The average Bonchev–Trinajstić information content (AvgIpc) is 3.52. The molecule has 1 atom stereocenters. The standard InChI is InChI=1S/C26H31N3O4S/c1-4-20-17-21(25(34-20)27-24(30)22-7-6-16-33-22)23(19-10-8-18(3)9-11-19)28-12-14-29(15-13-28)26(31)32-5-2/h6-11,16-17,23H,4-5,12-15H2,1-3H3,(H,27,30)/t23-/m1/s1. The van der Waals surface area contributed by atoms with Gasteiger partial charge in [-0.15, -0.1) is 11.3 Å². The van der Waals surface area contributed by atoms with Crippen molar-refractivity contribution in [1.29, 1.82) is 0 Å². The number of thiophene rings is 1. The Morgan fingerprint density at radius 1 is 1.12 bits per heavy atom. The molecule has 34 heavy (non-hydrogen) atoms.